The first-order chi connectivity index (χ1) is 16.5. The maximum absolute atomic E-state index is 12.8. The molecule has 0 bridgehead atoms. The number of para-hydroxylation sites is 1. The van der Waals surface area contributed by atoms with Crippen molar-refractivity contribution in [3.05, 3.63) is 71.0 Å². The third kappa shape index (κ3) is 3.64. The van der Waals surface area contributed by atoms with Crippen LogP contribution in [0.15, 0.2) is 48.7 Å². The zero-order valence-corrected chi connectivity index (χ0v) is 19.4. The Balaban J connectivity index is 1.63. The van der Waals surface area contributed by atoms with Gasteiger partial charge in [0.15, 0.2) is 11.5 Å². The van der Waals surface area contributed by atoms with Crippen LogP contribution in [0.5, 0.6) is 11.5 Å². The van der Waals surface area contributed by atoms with Gasteiger partial charge in [-0.3, -0.25) is 4.79 Å². The number of nitrogens with zero attached hydrogens (tertiary/aromatic N) is 5. The van der Waals surface area contributed by atoms with Gasteiger partial charge in [0, 0.05) is 29.0 Å². The third-order valence-electron chi connectivity index (χ3n) is 6.00. The fourth-order valence-electron chi connectivity index (χ4n) is 4.39. The van der Waals surface area contributed by atoms with Crippen LogP contribution in [0.2, 0.25) is 0 Å². The van der Waals surface area contributed by atoms with E-state index in [-0.39, 0.29) is 24.2 Å². The summed E-state index contributed by atoms with van der Waals surface area (Å²) in [6.07, 6.45) is 1.87. The number of methoxy groups -OCH3 is 2. The highest BCUT2D eigenvalue weighted by molar-refractivity contribution is 5.95. The minimum atomic E-state index is -0.268. The highest BCUT2D eigenvalue weighted by atomic mass is 16.5. The van der Waals surface area contributed by atoms with Crippen molar-refractivity contribution < 1.29 is 14.3 Å². The summed E-state index contributed by atoms with van der Waals surface area (Å²) in [6, 6.07) is 13.7. The first kappa shape index (κ1) is 21.6. The van der Waals surface area contributed by atoms with E-state index in [9.17, 15) is 4.79 Å². The minimum absolute atomic E-state index is 0.133. The van der Waals surface area contributed by atoms with Gasteiger partial charge in [-0.2, -0.15) is 14.9 Å². The second-order valence-electron chi connectivity index (χ2n) is 8.15. The molecule has 9 heteroatoms. The molecule has 1 atom stereocenters. The van der Waals surface area contributed by atoms with E-state index < -0.39 is 0 Å². The molecule has 0 aliphatic carbocycles. The maximum Gasteiger partial charge on any atom is 0.272 e. The molecule has 0 unspecified atom stereocenters. The SMILES string of the molecule is COc1cccc([C@H]2CC(=O)Nc3c2c(C)nn3-c2nncc(-c3ccc(C)cc3)n2)c1OC. The first-order valence-corrected chi connectivity index (χ1v) is 10.9. The topological polar surface area (TPSA) is 104 Å². The van der Waals surface area contributed by atoms with Crippen LogP contribution >= 0.6 is 0 Å². The van der Waals surface area contributed by atoms with E-state index in [0.29, 0.717) is 23.0 Å². The van der Waals surface area contributed by atoms with E-state index in [2.05, 4.69) is 25.6 Å². The Morgan fingerprint density at radius 2 is 1.85 bits per heavy atom. The minimum Gasteiger partial charge on any atom is -0.493 e. The van der Waals surface area contributed by atoms with Crippen LogP contribution in [0.1, 0.15) is 34.7 Å². The van der Waals surface area contributed by atoms with Gasteiger partial charge in [-0.15, -0.1) is 5.10 Å². The molecular weight excluding hydrogens is 432 g/mol. The van der Waals surface area contributed by atoms with Crippen LogP contribution in [0.25, 0.3) is 17.2 Å². The zero-order chi connectivity index (χ0) is 23.8. The lowest BCUT2D eigenvalue weighted by atomic mass is 9.85. The summed E-state index contributed by atoms with van der Waals surface area (Å²) in [4.78, 5) is 17.5. The molecule has 0 saturated carbocycles. The maximum atomic E-state index is 12.8. The number of amides is 1. The summed E-state index contributed by atoms with van der Waals surface area (Å²) in [5.41, 5.74) is 5.24. The summed E-state index contributed by atoms with van der Waals surface area (Å²) in [5.74, 6) is 1.62. The second-order valence-corrected chi connectivity index (χ2v) is 8.15. The molecule has 0 saturated heterocycles. The molecule has 0 spiro atoms. The molecule has 0 radical (unpaired) electrons. The summed E-state index contributed by atoms with van der Waals surface area (Å²) in [6.45, 7) is 3.94. The Kier molecular flexibility index (Phi) is 5.45. The number of fused-ring (bicyclic) bond motifs is 1. The molecule has 1 amide bonds. The fourth-order valence-corrected chi connectivity index (χ4v) is 4.39. The molecule has 1 aliphatic rings. The second kappa shape index (κ2) is 8.58. The van der Waals surface area contributed by atoms with Gasteiger partial charge in [-0.05, 0) is 19.9 Å². The smallest absolute Gasteiger partial charge is 0.272 e. The van der Waals surface area contributed by atoms with Crippen LogP contribution in [-0.2, 0) is 4.79 Å². The van der Waals surface area contributed by atoms with Gasteiger partial charge in [-0.25, -0.2) is 4.98 Å². The Morgan fingerprint density at radius 1 is 1.06 bits per heavy atom. The van der Waals surface area contributed by atoms with Crippen LogP contribution in [0.4, 0.5) is 5.82 Å². The molecule has 1 N–H and O–H groups in total. The molecule has 5 rings (SSSR count). The van der Waals surface area contributed by atoms with Gasteiger partial charge in [0.1, 0.15) is 5.82 Å². The molecular formula is C25H24N6O3. The van der Waals surface area contributed by atoms with Crippen molar-refractivity contribution in [2.45, 2.75) is 26.2 Å². The van der Waals surface area contributed by atoms with Gasteiger partial charge in [0.25, 0.3) is 5.95 Å². The summed E-state index contributed by atoms with van der Waals surface area (Å²) < 4.78 is 12.7. The molecule has 0 fully saturated rings. The zero-order valence-electron chi connectivity index (χ0n) is 19.4. The monoisotopic (exact) mass is 456 g/mol. The van der Waals surface area contributed by atoms with Crippen molar-refractivity contribution >= 4 is 11.7 Å². The summed E-state index contributed by atoms with van der Waals surface area (Å²) in [7, 11) is 3.19. The lowest BCUT2D eigenvalue weighted by molar-refractivity contribution is -0.116. The predicted octanol–water partition coefficient (Wildman–Crippen LogP) is 3.83. The number of hydrogen-bond acceptors (Lipinski definition) is 7. The van der Waals surface area contributed by atoms with Crippen molar-refractivity contribution in [2.24, 2.45) is 0 Å². The van der Waals surface area contributed by atoms with E-state index in [1.165, 1.54) is 0 Å². The number of anilines is 1. The average molecular weight is 457 g/mol. The quantitative estimate of drug-likeness (QED) is 0.487. The van der Waals surface area contributed by atoms with Crippen LogP contribution in [-0.4, -0.2) is 45.1 Å². The number of benzene rings is 2. The Labute approximate surface area is 196 Å². The van der Waals surface area contributed by atoms with Gasteiger partial charge in [-0.1, -0.05) is 42.0 Å². The van der Waals surface area contributed by atoms with E-state index in [4.69, 9.17) is 9.47 Å². The molecule has 172 valence electrons. The van der Waals surface area contributed by atoms with Crippen molar-refractivity contribution in [1.29, 1.82) is 0 Å². The standard InChI is InChI=1S/C25H24N6O3/c1-14-8-10-16(11-9-14)19-13-26-29-25(27-19)31-24-22(15(2)30-31)18(12-21(32)28-24)17-6-5-7-20(33-3)23(17)34-4/h5-11,13,18H,12H2,1-4H3,(H,28,32)/t18-/m1/s1. The van der Waals surface area contributed by atoms with Crippen molar-refractivity contribution in [2.75, 3.05) is 19.5 Å². The number of rotatable bonds is 5. The lowest BCUT2D eigenvalue weighted by Crippen LogP contribution is -2.25. The van der Waals surface area contributed by atoms with Gasteiger partial charge in [0.2, 0.25) is 5.91 Å². The summed E-state index contributed by atoms with van der Waals surface area (Å²) in [5, 5.41) is 16.0. The number of hydrogen-bond donors (Lipinski definition) is 1. The molecule has 1 aliphatic heterocycles. The number of nitrogens with one attached hydrogen (secondary N) is 1. The molecule has 2 aromatic carbocycles. The number of carbonyl (C=O) groups excluding carboxylic acids is 1. The van der Waals surface area contributed by atoms with E-state index in [1.54, 1.807) is 25.1 Å². The van der Waals surface area contributed by atoms with E-state index in [1.807, 2.05) is 56.3 Å². The number of carbonyl (C=O) groups is 1. The largest absolute Gasteiger partial charge is 0.493 e. The average Bonchev–Trinajstić information content (AvgIpc) is 3.19. The fraction of sp³-hybridized carbons (Fsp3) is 0.240. The molecule has 2 aromatic heterocycles. The third-order valence-corrected chi connectivity index (χ3v) is 6.00. The van der Waals surface area contributed by atoms with Crippen LogP contribution in [0.3, 0.4) is 0 Å². The van der Waals surface area contributed by atoms with Crippen LogP contribution in [0, 0.1) is 13.8 Å². The van der Waals surface area contributed by atoms with Gasteiger partial charge < -0.3 is 14.8 Å². The number of ether oxygens (including phenoxy) is 2. The molecule has 3 heterocycles. The molecule has 9 nitrogen and oxygen atoms in total. The Morgan fingerprint density at radius 3 is 2.59 bits per heavy atom. The normalized spacial score (nSPS) is 14.9. The highest BCUT2D eigenvalue weighted by Gasteiger charge is 2.35. The predicted molar refractivity (Wildman–Crippen MR) is 126 cm³/mol. The number of aryl methyl sites for hydroxylation is 2. The lowest BCUT2D eigenvalue weighted by Gasteiger charge is -2.26. The first-order valence-electron chi connectivity index (χ1n) is 10.9. The van der Waals surface area contributed by atoms with Crippen molar-refractivity contribution in [3.8, 4) is 28.7 Å². The molecule has 4 aromatic rings. The van der Waals surface area contributed by atoms with E-state index >= 15 is 0 Å². The Hall–Kier alpha value is -4.27. The molecule has 34 heavy (non-hydrogen) atoms. The van der Waals surface area contributed by atoms with Gasteiger partial charge in [0.05, 0.1) is 31.8 Å². The van der Waals surface area contributed by atoms with Crippen molar-refractivity contribution in [1.82, 2.24) is 25.0 Å². The van der Waals surface area contributed by atoms with Gasteiger partial charge >= 0.3 is 0 Å². The highest BCUT2D eigenvalue weighted by Crippen LogP contribution is 2.45. The Bertz CT molecular complexity index is 1380. The van der Waals surface area contributed by atoms with Crippen molar-refractivity contribution in [3.63, 3.8) is 0 Å². The van der Waals surface area contributed by atoms with Crippen LogP contribution < -0.4 is 14.8 Å². The number of aromatic nitrogens is 5. The summed E-state index contributed by atoms with van der Waals surface area (Å²) >= 11 is 0. The van der Waals surface area contributed by atoms with E-state index in [0.717, 1.165) is 27.9 Å².